The van der Waals surface area contributed by atoms with Gasteiger partial charge in [0.05, 0.1) is 5.69 Å². The van der Waals surface area contributed by atoms with Crippen molar-refractivity contribution in [1.29, 1.82) is 0 Å². The van der Waals surface area contributed by atoms with E-state index in [9.17, 15) is 0 Å². The summed E-state index contributed by atoms with van der Waals surface area (Å²) in [4.78, 5) is 5.20. The van der Waals surface area contributed by atoms with Crippen molar-refractivity contribution >= 4 is 60.4 Å². The number of aliphatic imine (C=N–C) groups is 1. The molecule has 1 aliphatic heterocycles. The van der Waals surface area contributed by atoms with Gasteiger partial charge < -0.3 is 4.74 Å². The summed E-state index contributed by atoms with van der Waals surface area (Å²) in [6.07, 6.45) is 3.14. The Bertz CT molecular complexity index is 1270. The molecule has 5 rings (SSSR count). The molecule has 0 aromatic heterocycles. The van der Waals surface area contributed by atoms with Gasteiger partial charge in [-0.05, 0) is 61.7 Å². The first kappa shape index (κ1) is 33.6. The van der Waals surface area contributed by atoms with Crippen LogP contribution in [0.25, 0.3) is 0 Å². The summed E-state index contributed by atoms with van der Waals surface area (Å²) in [5.41, 5.74) is 5.98. The van der Waals surface area contributed by atoms with Crippen molar-refractivity contribution in [2.45, 2.75) is 40.0 Å². The van der Waals surface area contributed by atoms with Gasteiger partial charge in [0.2, 0.25) is 0 Å². The van der Waals surface area contributed by atoms with Crippen LogP contribution in [-0.4, -0.2) is 12.4 Å². The van der Waals surface area contributed by atoms with Gasteiger partial charge in [-0.15, -0.1) is 0 Å². The standard InChI is InChI=1S/C29H29N2P.C4H7O.3ClH.Cr/c1-22-17-19-25(20-18-22)21-28(30-29-23(2)11-10-12-24(29)3)31-32(26-13-6-4-7-14-26)27-15-8-5-9-16-27;1-2-4-5-3-1;;;;/h4-20H,21H2,1-3H3,(H,30,31);3H,1-2,4H2;3*1H;/q;-1;;;;+4/p-2. The molecule has 1 saturated heterocycles. The Labute approximate surface area is 263 Å². The van der Waals surface area contributed by atoms with Crippen LogP contribution in [-0.2, 0) is 22.5 Å². The fourth-order valence-electron chi connectivity index (χ4n) is 4.21. The van der Waals surface area contributed by atoms with E-state index in [4.69, 9.17) is 39.9 Å². The summed E-state index contributed by atoms with van der Waals surface area (Å²) >= 11 is -1.62. The van der Waals surface area contributed by atoms with Crippen molar-refractivity contribution in [2.75, 3.05) is 6.61 Å². The number of rotatable bonds is 6. The molecule has 0 spiro atoms. The number of benzene rings is 4. The molecular formula is C33H37Cl3CrN2OP+. The number of hydrogen-bond acceptors (Lipinski definition) is 2. The number of ether oxygens (including phenoxy) is 1. The quantitative estimate of drug-likeness (QED) is 0.0964. The Morgan fingerprint density at radius 2 is 1.34 bits per heavy atom. The first-order valence-corrected chi connectivity index (χ1v) is 20.2. The molecule has 1 fully saturated rings. The normalized spacial score (nSPS) is 12.8. The van der Waals surface area contributed by atoms with Crippen LogP contribution in [0.5, 0.6) is 0 Å². The second-order valence-corrected chi connectivity index (χ2v) is 18.0. The van der Waals surface area contributed by atoms with Crippen molar-refractivity contribution in [3.8, 4) is 0 Å². The van der Waals surface area contributed by atoms with Crippen LogP contribution in [0.2, 0.25) is 0 Å². The van der Waals surface area contributed by atoms with Gasteiger partial charge in [0.25, 0.3) is 0 Å². The summed E-state index contributed by atoms with van der Waals surface area (Å²) < 4.78 is 4.82. The van der Waals surface area contributed by atoms with Crippen LogP contribution in [0, 0.1) is 27.4 Å². The maximum atomic E-state index is 5.20. The minimum atomic E-state index is -1.62. The Balaban J connectivity index is 0.000000442. The van der Waals surface area contributed by atoms with Crippen LogP contribution in [0.1, 0.15) is 35.1 Å². The molecule has 0 aliphatic carbocycles. The molecule has 1 heterocycles. The summed E-state index contributed by atoms with van der Waals surface area (Å²) in [7, 11) is 13.5. The molecule has 0 amide bonds. The van der Waals surface area contributed by atoms with Crippen molar-refractivity contribution in [3.05, 3.63) is 132 Å². The average Bonchev–Trinajstić information content (AvgIpc) is 3.56. The first-order chi connectivity index (χ1) is 19.8. The minimum absolute atomic E-state index is 0.766. The number of nitrogens with zero attached hydrogens (tertiary/aromatic N) is 1. The van der Waals surface area contributed by atoms with E-state index in [1.165, 1.54) is 39.3 Å². The van der Waals surface area contributed by atoms with Gasteiger partial charge in [-0.3, -0.25) is 0 Å². The molecule has 41 heavy (non-hydrogen) atoms. The van der Waals surface area contributed by atoms with Crippen LogP contribution in [0.4, 0.5) is 5.69 Å². The molecule has 4 aromatic carbocycles. The van der Waals surface area contributed by atoms with E-state index in [2.05, 4.69) is 129 Å². The third kappa shape index (κ3) is 12.5. The first-order valence-electron chi connectivity index (χ1n) is 13.4. The van der Waals surface area contributed by atoms with Gasteiger partial charge in [-0.2, -0.15) is 6.42 Å². The molecule has 0 unspecified atom stereocenters. The van der Waals surface area contributed by atoms with Crippen LogP contribution in [0.15, 0.2) is 108 Å². The Morgan fingerprint density at radius 3 is 1.78 bits per heavy atom. The molecule has 3 nitrogen and oxygen atoms in total. The van der Waals surface area contributed by atoms with Crippen LogP contribution in [0.3, 0.4) is 0 Å². The monoisotopic (exact) mass is 665 g/mol. The molecule has 1 aliphatic rings. The summed E-state index contributed by atoms with van der Waals surface area (Å²) in [5, 5.41) is 6.55. The van der Waals surface area contributed by atoms with Gasteiger partial charge >= 0.3 is 41.5 Å². The van der Waals surface area contributed by atoms with E-state index in [0.717, 1.165) is 31.0 Å². The van der Waals surface area contributed by atoms with Crippen molar-refractivity contribution in [2.24, 2.45) is 4.99 Å². The average molecular weight is 667 g/mol. The zero-order valence-corrected chi connectivity index (χ0v) is 28.2. The second-order valence-electron chi connectivity index (χ2n) is 9.55. The van der Waals surface area contributed by atoms with E-state index in [-0.39, 0.29) is 0 Å². The molecule has 1 N–H and O–H groups in total. The number of amidine groups is 1. The topological polar surface area (TPSA) is 33.6 Å². The number of hydrogen-bond donors (Lipinski definition) is 1. The maximum absolute atomic E-state index is 5.20. The summed E-state index contributed by atoms with van der Waals surface area (Å²) in [5.74, 6) is 1.01. The van der Waals surface area contributed by atoms with Gasteiger partial charge in [0.15, 0.2) is 8.07 Å². The zero-order chi connectivity index (χ0) is 29.5. The number of para-hydroxylation sites is 1. The Hall–Kier alpha value is -1.86. The van der Waals surface area contributed by atoms with E-state index in [1.807, 2.05) is 6.61 Å². The summed E-state index contributed by atoms with van der Waals surface area (Å²) in [6.45, 7) is 9.20. The van der Waals surface area contributed by atoms with Crippen LogP contribution >= 0.6 is 38.2 Å². The Kier molecular flexibility index (Phi) is 15.3. The summed E-state index contributed by atoms with van der Waals surface area (Å²) in [6, 6.07) is 36.6. The third-order valence-corrected chi connectivity index (χ3v) is 8.63. The van der Waals surface area contributed by atoms with E-state index < -0.39 is 19.5 Å². The molecule has 8 heteroatoms. The van der Waals surface area contributed by atoms with Crippen molar-refractivity contribution in [1.82, 2.24) is 5.09 Å². The van der Waals surface area contributed by atoms with E-state index in [1.54, 1.807) is 0 Å². The molecule has 4 aromatic rings. The molecule has 0 atom stereocenters. The molecular weight excluding hydrogens is 630 g/mol. The number of nitrogens with one attached hydrogen (secondary N) is 1. The molecule has 216 valence electrons. The number of halogens is 3. The van der Waals surface area contributed by atoms with Gasteiger partial charge in [0.1, 0.15) is 16.4 Å². The van der Waals surface area contributed by atoms with Crippen LogP contribution < -0.4 is 15.7 Å². The molecule has 0 radical (unpaired) electrons. The molecule has 0 saturated carbocycles. The van der Waals surface area contributed by atoms with Gasteiger partial charge in [-0.1, -0.05) is 90.8 Å². The fraction of sp³-hybridized carbons (Fsp3) is 0.212. The predicted molar refractivity (Wildman–Crippen MR) is 179 cm³/mol. The van der Waals surface area contributed by atoms with Gasteiger partial charge in [0, 0.05) is 13.0 Å². The third-order valence-electron chi connectivity index (χ3n) is 6.27. The van der Waals surface area contributed by atoms with Crippen molar-refractivity contribution in [3.63, 3.8) is 0 Å². The van der Waals surface area contributed by atoms with Gasteiger partial charge in [-0.25, -0.2) is 16.7 Å². The predicted octanol–water partition coefficient (Wildman–Crippen LogP) is 9.28. The van der Waals surface area contributed by atoms with E-state index >= 15 is 0 Å². The van der Waals surface area contributed by atoms with Crippen molar-refractivity contribution < 1.29 is 16.1 Å². The fourth-order valence-corrected chi connectivity index (χ4v) is 6.32. The SMILES string of the molecule is Cc1ccc(CC(=Nc2c(C)cccc2C)N[PH+](c2ccccc2)c2ccccc2)cc1.[CH-]1CCCO1.[Cl][Cr+]([Cl])[Cl]. The number of aryl methyl sites for hydroxylation is 3. The zero-order valence-electron chi connectivity index (χ0n) is 23.6. The second kappa shape index (κ2) is 18.6. The van der Waals surface area contributed by atoms with E-state index in [0.29, 0.717) is 0 Å². The molecule has 0 bridgehead atoms. The Morgan fingerprint density at radius 1 is 0.805 bits per heavy atom.